The van der Waals surface area contributed by atoms with Gasteiger partial charge in [0.25, 0.3) is 0 Å². The molecule has 1 rings (SSSR count). The van der Waals surface area contributed by atoms with E-state index in [2.05, 4.69) is 6.92 Å². The van der Waals surface area contributed by atoms with Crippen LogP contribution < -0.4 is 0 Å². The fourth-order valence-corrected chi connectivity index (χ4v) is 3.18. The molecule has 0 amide bonds. The molecule has 4 nitrogen and oxygen atoms in total. The normalized spacial score (nSPS) is 10.8. The molecule has 0 aliphatic carbocycles. The monoisotopic (exact) mass is 350 g/mol. The summed E-state index contributed by atoms with van der Waals surface area (Å²) >= 11 is 0. The number of benzene rings is 1. The Kier molecular flexibility index (Phi) is 10.8. The number of carbonyl (C=O) groups is 1. The van der Waals surface area contributed by atoms with Gasteiger partial charge in [0.05, 0.1) is 7.11 Å². The molecule has 0 atom stereocenters. The van der Waals surface area contributed by atoms with Crippen molar-refractivity contribution in [2.45, 2.75) is 84.0 Å². The predicted molar refractivity (Wildman–Crippen MR) is 101 cm³/mol. The second-order valence-electron chi connectivity index (χ2n) is 6.78. The van der Waals surface area contributed by atoms with Gasteiger partial charge in [0.2, 0.25) is 0 Å². The molecular formula is C21H34O4. The Morgan fingerprint density at radius 2 is 1.40 bits per heavy atom. The molecule has 0 heterocycles. The fraction of sp³-hybridized carbons (Fsp3) is 0.667. The summed E-state index contributed by atoms with van der Waals surface area (Å²) < 4.78 is 4.72. The van der Waals surface area contributed by atoms with Gasteiger partial charge in [0.15, 0.2) is 0 Å². The van der Waals surface area contributed by atoms with Crippen LogP contribution in [0, 0.1) is 0 Å². The van der Waals surface area contributed by atoms with Crippen LogP contribution in [0.25, 0.3) is 0 Å². The third kappa shape index (κ3) is 8.28. The maximum absolute atomic E-state index is 11.8. The van der Waals surface area contributed by atoms with Crippen LogP contribution in [0.1, 0.15) is 93.5 Å². The molecule has 0 aliphatic rings. The van der Waals surface area contributed by atoms with Gasteiger partial charge in [0, 0.05) is 6.07 Å². The first-order chi connectivity index (χ1) is 12.1. The average Bonchev–Trinajstić information content (AvgIpc) is 2.58. The molecule has 4 heteroatoms. The van der Waals surface area contributed by atoms with E-state index >= 15 is 0 Å². The lowest BCUT2D eigenvalue weighted by atomic mass is 9.99. The van der Waals surface area contributed by atoms with Gasteiger partial charge in [0.1, 0.15) is 17.1 Å². The van der Waals surface area contributed by atoms with Gasteiger partial charge in [-0.3, -0.25) is 0 Å². The number of phenolic OH excluding ortho intramolecular Hbond substituents is 2. The van der Waals surface area contributed by atoms with Crippen LogP contribution in [-0.4, -0.2) is 23.3 Å². The summed E-state index contributed by atoms with van der Waals surface area (Å²) in [4.78, 5) is 11.8. The number of aryl methyl sites for hydroxylation is 1. The van der Waals surface area contributed by atoms with Crippen molar-refractivity contribution in [1.29, 1.82) is 0 Å². The zero-order valence-electron chi connectivity index (χ0n) is 15.9. The van der Waals surface area contributed by atoms with E-state index < -0.39 is 5.97 Å². The molecule has 0 unspecified atom stereocenters. The van der Waals surface area contributed by atoms with Gasteiger partial charge in [-0.2, -0.15) is 0 Å². The number of unbranched alkanes of at least 4 members (excludes halogenated alkanes) is 10. The summed E-state index contributed by atoms with van der Waals surface area (Å²) in [7, 11) is 1.29. The summed E-state index contributed by atoms with van der Waals surface area (Å²) in [5, 5.41) is 19.5. The van der Waals surface area contributed by atoms with Gasteiger partial charge in [-0.1, -0.05) is 71.1 Å². The van der Waals surface area contributed by atoms with E-state index in [-0.39, 0.29) is 17.1 Å². The number of esters is 1. The third-order valence-corrected chi connectivity index (χ3v) is 4.62. The Balaban J connectivity index is 2.25. The highest BCUT2D eigenvalue weighted by atomic mass is 16.5. The molecule has 142 valence electrons. The van der Waals surface area contributed by atoms with Crippen molar-refractivity contribution < 1.29 is 19.7 Å². The summed E-state index contributed by atoms with van der Waals surface area (Å²) in [5.74, 6) is -0.802. The molecule has 0 saturated carbocycles. The lowest BCUT2D eigenvalue weighted by molar-refractivity contribution is 0.0596. The van der Waals surface area contributed by atoms with E-state index in [1.807, 2.05) is 0 Å². The SMILES string of the molecule is CCCCCCCCCCCCCc1cc(O)cc(O)c1C(=O)OC. The zero-order valence-corrected chi connectivity index (χ0v) is 15.9. The lowest BCUT2D eigenvalue weighted by Gasteiger charge is -2.10. The number of carbonyl (C=O) groups excluding carboxylic acids is 1. The number of ether oxygens (including phenoxy) is 1. The average molecular weight is 350 g/mol. The Morgan fingerprint density at radius 3 is 1.92 bits per heavy atom. The van der Waals surface area contributed by atoms with E-state index in [1.54, 1.807) is 6.07 Å². The lowest BCUT2D eigenvalue weighted by Crippen LogP contribution is -2.06. The van der Waals surface area contributed by atoms with Gasteiger partial charge in [-0.25, -0.2) is 4.79 Å². The van der Waals surface area contributed by atoms with Crippen LogP contribution in [0.15, 0.2) is 12.1 Å². The highest BCUT2D eigenvalue weighted by molar-refractivity contribution is 5.94. The minimum atomic E-state index is -0.560. The molecular weight excluding hydrogens is 316 g/mol. The van der Waals surface area contributed by atoms with E-state index in [0.717, 1.165) is 12.8 Å². The molecule has 1 aromatic rings. The molecule has 0 radical (unpaired) electrons. The first-order valence-corrected chi connectivity index (χ1v) is 9.73. The topological polar surface area (TPSA) is 66.8 Å². The molecule has 0 spiro atoms. The van der Waals surface area contributed by atoms with Crippen molar-refractivity contribution in [2.75, 3.05) is 7.11 Å². The quantitative estimate of drug-likeness (QED) is 0.352. The van der Waals surface area contributed by atoms with Crippen LogP contribution in [0.3, 0.4) is 0 Å². The summed E-state index contributed by atoms with van der Waals surface area (Å²) in [5.41, 5.74) is 0.827. The number of methoxy groups -OCH3 is 1. The van der Waals surface area contributed by atoms with Crippen molar-refractivity contribution in [3.8, 4) is 11.5 Å². The molecule has 25 heavy (non-hydrogen) atoms. The molecule has 0 aromatic heterocycles. The van der Waals surface area contributed by atoms with Gasteiger partial charge in [-0.15, -0.1) is 0 Å². The number of hydrogen-bond donors (Lipinski definition) is 2. The largest absolute Gasteiger partial charge is 0.508 e. The molecule has 2 N–H and O–H groups in total. The van der Waals surface area contributed by atoms with E-state index in [9.17, 15) is 15.0 Å². The minimum Gasteiger partial charge on any atom is -0.508 e. The van der Waals surface area contributed by atoms with Crippen molar-refractivity contribution in [3.05, 3.63) is 23.3 Å². The maximum Gasteiger partial charge on any atom is 0.341 e. The zero-order chi connectivity index (χ0) is 18.5. The first kappa shape index (κ1) is 21.3. The second-order valence-corrected chi connectivity index (χ2v) is 6.78. The van der Waals surface area contributed by atoms with E-state index in [4.69, 9.17) is 4.74 Å². The van der Waals surface area contributed by atoms with E-state index in [1.165, 1.54) is 71.0 Å². The van der Waals surface area contributed by atoms with Crippen molar-refractivity contribution in [1.82, 2.24) is 0 Å². The molecule has 0 bridgehead atoms. The standard InChI is InChI=1S/C21H34O4/c1-3-4-5-6-7-8-9-10-11-12-13-14-17-15-18(22)16-19(23)20(17)21(24)25-2/h15-16,22-23H,3-14H2,1-2H3. The molecule has 0 saturated heterocycles. The van der Waals surface area contributed by atoms with Crippen LogP contribution >= 0.6 is 0 Å². The van der Waals surface area contributed by atoms with Gasteiger partial charge < -0.3 is 14.9 Å². The van der Waals surface area contributed by atoms with Crippen LogP contribution in [-0.2, 0) is 11.2 Å². The fourth-order valence-electron chi connectivity index (χ4n) is 3.18. The van der Waals surface area contributed by atoms with E-state index in [0.29, 0.717) is 12.0 Å². The van der Waals surface area contributed by atoms with Crippen molar-refractivity contribution >= 4 is 5.97 Å². The summed E-state index contributed by atoms with van der Waals surface area (Å²) in [6.45, 7) is 2.24. The Bertz CT molecular complexity index is 511. The van der Waals surface area contributed by atoms with Crippen molar-refractivity contribution in [3.63, 3.8) is 0 Å². The maximum atomic E-state index is 11.8. The highest BCUT2D eigenvalue weighted by Crippen LogP contribution is 2.29. The molecule has 0 aliphatic heterocycles. The Labute approximate surface area is 152 Å². The van der Waals surface area contributed by atoms with Crippen LogP contribution in [0.4, 0.5) is 0 Å². The number of aromatic hydroxyl groups is 2. The van der Waals surface area contributed by atoms with Gasteiger partial charge >= 0.3 is 5.97 Å². The van der Waals surface area contributed by atoms with Gasteiger partial charge in [-0.05, 0) is 24.5 Å². The summed E-state index contributed by atoms with van der Waals surface area (Å²) in [6, 6.07) is 2.72. The Hall–Kier alpha value is -1.71. The van der Waals surface area contributed by atoms with Crippen molar-refractivity contribution in [2.24, 2.45) is 0 Å². The molecule has 0 fully saturated rings. The highest BCUT2D eigenvalue weighted by Gasteiger charge is 2.18. The first-order valence-electron chi connectivity index (χ1n) is 9.73. The second kappa shape index (κ2) is 12.6. The third-order valence-electron chi connectivity index (χ3n) is 4.62. The summed E-state index contributed by atoms with van der Waals surface area (Å²) in [6.07, 6.45) is 14.5. The Morgan fingerprint density at radius 1 is 0.880 bits per heavy atom. The van der Waals surface area contributed by atoms with Crippen LogP contribution in [0.2, 0.25) is 0 Å². The smallest absolute Gasteiger partial charge is 0.341 e. The number of phenols is 2. The predicted octanol–water partition coefficient (Wildman–Crippen LogP) is 5.74. The minimum absolute atomic E-state index is 0.0248. The van der Waals surface area contributed by atoms with Crippen LogP contribution in [0.5, 0.6) is 11.5 Å². The number of rotatable bonds is 13. The molecule has 1 aromatic carbocycles. The number of hydrogen-bond acceptors (Lipinski definition) is 4.